The molecule has 1 aromatic rings. The minimum absolute atomic E-state index is 0.153. The van der Waals surface area contributed by atoms with Crippen molar-refractivity contribution in [3.8, 4) is 5.75 Å². The van der Waals surface area contributed by atoms with Crippen LogP contribution in [0.15, 0.2) is 24.3 Å². The van der Waals surface area contributed by atoms with Gasteiger partial charge in [-0.1, -0.05) is 25.5 Å². The Morgan fingerprint density at radius 3 is 2.53 bits per heavy atom. The fourth-order valence-corrected chi connectivity index (χ4v) is 3.22. The second-order valence-corrected chi connectivity index (χ2v) is 5.40. The summed E-state index contributed by atoms with van der Waals surface area (Å²) in [5, 5.41) is 9.25. The van der Waals surface area contributed by atoms with E-state index in [2.05, 4.69) is 19.1 Å². The van der Waals surface area contributed by atoms with Gasteiger partial charge in [0.25, 0.3) is 0 Å². The second-order valence-electron chi connectivity index (χ2n) is 5.40. The number of ether oxygens (including phenoxy) is 1. The van der Waals surface area contributed by atoms with Gasteiger partial charge in [0, 0.05) is 0 Å². The molecule has 1 aliphatic rings. The van der Waals surface area contributed by atoms with Gasteiger partial charge in [0.1, 0.15) is 5.75 Å². The van der Waals surface area contributed by atoms with Crippen LogP contribution in [-0.2, 0) is 4.79 Å². The molecule has 1 aliphatic carbocycles. The Morgan fingerprint density at radius 2 is 2.00 bits per heavy atom. The summed E-state index contributed by atoms with van der Waals surface area (Å²) in [5.41, 5.74) is 1.31. The van der Waals surface area contributed by atoms with Crippen molar-refractivity contribution >= 4 is 5.97 Å². The molecule has 104 valence electrons. The standard InChI is InChI=1S/C16H22O3/c1-3-11-10-13(6-9-15(11)16(17)18)12-4-7-14(19-2)8-5-12/h4-5,7-8,11,13,15H,3,6,9-10H2,1-2H3,(H,17,18)/t11-,13+,15-/m1/s1. The van der Waals surface area contributed by atoms with Gasteiger partial charge in [0.2, 0.25) is 0 Å². The maximum atomic E-state index is 11.2. The van der Waals surface area contributed by atoms with E-state index in [1.165, 1.54) is 5.56 Å². The van der Waals surface area contributed by atoms with E-state index in [0.717, 1.165) is 31.4 Å². The van der Waals surface area contributed by atoms with Crippen molar-refractivity contribution in [2.45, 2.75) is 38.5 Å². The van der Waals surface area contributed by atoms with Gasteiger partial charge in [-0.3, -0.25) is 4.79 Å². The molecule has 1 fully saturated rings. The third-order valence-corrected chi connectivity index (χ3v) is 4.41. The summed E-state index contributed by atoms with van der Waals surface area (Å²) in [6, 6.07) is 8.19. The summed E-state index contributed by atoms with van der Waals surface area (Å²) >= 11 is 0. The molecule has 0 aromatic heterocycles. The van der Waals surface area contributed by atoms with Crippen LogP contribution in [0.1, 0.15) is 44.1 Å². The Balaban J connectivity index is 2.08. The third-order valence-electron chi connectivity index (χ3n) is 4.41. The molecule has 19 heavy (non-hydrogen) atoms. The molecule has 0 unspecified atom stereocenters. The van der Waals surface area contributed by atoms with Gasteiger partial charge in [-0.05, 0) is 48.8 Å². The lowest BCUT2D eigenvalue weighted by Gasteiger charge is -2.33. The first-order valence-corrected chi connectivity index (χ1v) is 7.02. The minimum Gasteiger partial charge on any atom is -0.497 e. The fourth-order valence-electron chi connectivity index (χ4n) is 3.22. The average molecular weight is 262 g/mol. The zero-order chi connectivity index (χ0) is 13.8. The first-order valence-electron chi connectivity index (χ1n) is 7.02. The van der Waals surface area contributed by atoms with Gasteiger partial charge in [0.05, 0.1) is 13.0 Å². The molecule has 1 N–H and O–H groups in total. The van der Waals surface area contributed by atoms with E-state index in [-0.39, 0.29) is 5.92 Å². The molecule has 0 heterocycles. The maximum absolute atomic E-state index is 11.2. The summed E-state index contributed by atoms with van der Waals surface area (Å²) < 4.78 is 5.17. The number of carbonyl (C=O) groups is 1. The molecule has 1 saturated carbocycles. The lowest BCUT2D eigenvalue weighted by atomic mass is 9.71. The molecular weight excluding hydrogens is 240 g/mol. The summed E-state index contributed by atoms with van der Waals surface area (Å²) in [4.78, 5) is 11.2. The van der Waals surface area contributed by atoms with Crippen LogP contribution in [0.3, 0.4) is 0 Å². The number of carboxylic acids is 1. The molecule has 0 radical (unpaired) electrons. The molecule has 0 aliphatic heterocycles. The third kappa shape index (κ3) is 3.09. The summed E-state index contributed by atoms with van der Waals surface area (Å²) in [6.45, 7) is 2.09. The molecular formula is C16H22O3. The number of benzene rings is 1. The van der Waals surface area contributed by atoms with E-state index in [4.69, 9.17) is 4.74 Å². The van der Waals surface area contributed by atoms with Crippen LogP contribution in [-0.4, -0.2) is 18.2 Å². The van der Waals surface area contributed by atoms with E-state index in [1.807, 2.05) is 12.1 Å². The van der Waals surface area contributed by atoms with Crippen LogP contribution < -0.4 is 4.74 Å². The van der Waals surface area contributed by atoms with Crippen molar-refractivity contribution in [1.82, 2.24) is 0 Å². The van der Waals surface area contributed by atoms with Crippen molar-refractivity contribution in [2.24, 2.45) is 11.8 Å². The largest absolute Gasteiger partial charge is 0.497 e. The lowest BCUT2D eigenvalue weighted by molar-refractivity contribution is -0.145. The number of carboxylic acid groups (broad SMARTS) is 1. The lowest BCUT2D eigenvalue weighted by Crippen LogP contribution is -2.29. The van der Waals surface area contributed by atoms with E-state index in [0.29, 0.717) is 11.8 Å². The smallest absolute Gasteiger partial charge is 0.306 e. The molecule has 3 atom stereocenters. The Bertz CT molecular complexity index is 424. The Kier molecular flexibility index (Phi) is 4.46. The molecule has 3 heteroatoms. The number of rotatable bonds is 4. The number of aliphatic carboxylic acids is 1. The topological polar surface area (TPSA) is 46.5 Å². The van der Waals surface area contributed by atoms with Gasteiger partial charge in [-0.15, -0.1) is 0 Å². The predicted molar refractivity (Wildman–Crippen MR) is 74.5 cm³/mol. The Labute approximate surface area is 114 Å². The quantitative estimate of drug-likeness (QED) is 0.900. The molecule has 2 rings (SSSR count). The van der Waals surface area contributed by atoms with Crippen LogP contribution in [0, 0.1) is 11.8 Å². The Morgan fingerprint density at radius 1 is 1.32 bits per heavy atom. The zero-order valence-electron chi connectivity index (χ0n) is 11.6. The summed E-state index contributed by atoms with van der Waals surface area (Å²) in [6.07, 6.45) is 3.70. The molecule has 0 saturated heterocycles. The fraction of sp³-hybridized carbons (Fsp3) is 0.562. The number of methoxy groups -OCH3 is 1. The SMILES string of the molecule is CC[C@@H]1C[C@@H](c2ccc(OC)cc2)CC[C@H]1C(=O)O. The van der Waals surface area contributed by atoms with Crippen molar-refractivity contribution < 1.29 is 14.6 Å². The van der Waals surface area contributed by atoms with Gasteiger partial charge in [-0.2, -0.15) is 0 Å². The maximum Gasteiger partial charge on any atom is 0.306 e. The van der Waals surface area contributed by atoms with E-state index in [1.54, 1.807) is 7.11 Å². The van der Waals surface area contributed by atoms with Crippen LogP contribution >= 0.6 is 0 Å². The first kappa shape index (κ1) is 13.9. The van der Waals surface area contributed by atoms with Crippen molar-refractivity contribution in [3.63, 3.8) is 0 Å². The van der Waals surface area contributed by atoms with Gasteiger partial charge in [-0.25, -0.2) is 0 Å². The van der Waals surface area contributed by atoms with Crippen molar-refractivity contribution in [1.29, 1.82) is 0 Å². The number of hydrogen-bond acceptors (Lipinski definition) is 2. The van der Waals surface area contributed by atoms with Crippen LogP contribution in [0.5, 0.6) is 5.75 Å². The van der Waals surface area contributed by atoms with E-state index in [9.17, 15) is 9.90 Å². The van der Waals surface area contributed by atoms with E-state index >= 15 is 0 Å². The van der Waals surface area contributed by atoms with E-state index < -0.39 is 5.97 Å². The molecule has 0 amide bonds. The molecule has 0 bridgehead atoms. The monoisotopic (exact) mass is 262 g/mol. The number of hydrogen-bond donors (Lipinski definition) is 1. The van der Waals surface area contributed by atoms with Gasteiger partial charge in [0.15, 0.2) is 0 Å². The van der Waals surface area contributed by atoms with Crippen molar-refractivity contribution in [3.05, 3.63) is 29.8 Å². The Hall–Kier alpha value is -1.51. The predicted octanol–water partition coefficient (Wildman–Crippen LogP) is 3.69. The normalized spacial score (nSPS) is 26.9. The van der Waals surface area contributed by atoms with Gasteiger partial charge >= 0.3 is 5.97 Å². The average Bonchev–Trinajstić information content (AvgIpc) is 2.46. The highest BCUT2D eigenvalue weighted by Crippen LogP contribution is 2.41. The van der Waals surface area contributed by atoms with Crippen LogP contribution in [0.4, 0.5) is 0 Å². The minimum atomic E-state index is -0.625. The first-order chi connectivity index (χ1) is 9.15. The van der Waals surface area contributed by atoms with Crippen LogP contribution in [0.25, 0.3) is 0 Å². The van der Waals surface area contributed by atoms with Gasteiger partial charge < -0.3 is 9.84 Å². The highest BCUT2D eigenvalue weighted by molar-refractivity contribution is 5.70. The highest BCUT2D eigenvalue weighted by atomic mass is 16.5. The summed E-state index contributed by atoms with van der Waals surface area (Å²) in [5.74, 6) is 0.888. The molecule has 1 aromatic carbocycles. The highest BCUT2D eigenvalue weighted by Gasteiger charge is 2.34. The zero-order valence-corrected chi connectivity index (χ0v) is 11.6. The second kappa shape index (κ2) is 6.09. The molecule has 3 nitrogen and oxygen atoms in total. The molecule has 0 spiro atoms. The van der Waals surface area contributed by atoms with Crippen LogP contribution in [0.2, 0.25) is 0 Å². The summed E-state index contributed by atoms with van der Waals surface area (Å²) in [7, 11) is 1.67. The van der Waals surface area contributed by atoms with Crippen molar-refractivity contribution in [2.75, 3.05) is 7.11 Å².